The van der Waals surface area contributed by atoms with Crippen LogP contribution in [0.2, 0.25) is 0 Å². The lowest BCUT2D eigenvalue weighted by Crippen LogP contribution is -2.14. The van der Waals surface area contributed by atoms with Gasteiger partial charge in [-0.05, 0) is 30.5 Å². The topological polar surface area (TPSA) is 26.3 Å². The van der Waals surface area contributed by atoms with E-state index in [0.29, 0.717) is 18.1 Å². The minimum Gasteiger partial charge on any atom is -0.462 e. The molecule has 0 aliphatic rings. The van der Waals surface area contributed by atoms with E-state index in [4.69, 9.17) is 4.74 Å². The first-order valence-corrected chi connectivity index (χ1v) is 7.39. The van der Waals surface area contributed by atoms with Crippen molar-refractivity contribution in [3.63, 3.8) is 0 Å². The Hall–Kier alpha value is -0.830. The SMILES string of the molecule is CCCCC(CC)COC(=O)c1cccc(Br)c1. The number of rotatable bonds is 7. The van der Waals surface area contributed by atoms with Crippen LogP contribution in [0.5, 0.6) is 0 Å². The molecule has 0 aromatic heterocycles. The Morgan fingerprint density at radius 2 is 2.17 bits per heavy atom. The van der Waals surface area contributed by atoms with Crippen molar-refractivity contribution in [3.05, 3.63) is 34.3 Å². The van der Waals surface area contributed by atoms with Crippen molar-refractivity contribution in [3.8, 4) is 0 Å². The smallest absolute Gasteiger partial charge is 0.338 e. The van der Waals surface area contributed by atoms with Gasteiger partial charge in [-0.3, -0.25) is 0 Å². The molecule has 1 aromatic rings. The fraction of sp³-hybridized carbons (Fsp3) is 0.533. The first-order valence-electron chi connectivity index (χ1n) is 6.60. The van der Waals surface area contributed by atoms with Crippen LogP contribution >= 0.6 is 15.9 Å². The zero-order chi connectivity index (χ0) is 13.4. The Bertz CT molecular complexity index is 377. The predicted octanol–water partition coefficient (Wildman–Crippen LogP) is 4.82. The van der Waals surface area contributed by atoms with Gasteiger partial charge in [-0.1, -0.05) is 55.1 Å². The Morgan fingerprint density at radius 3 is 2.78 bits per heavy atom. The maximum atomic E-state index is 11.8. The highest BCUT2D eigenvalue weighted by atomic mass is 79.9. The van der Waals surface area contributed by atoms with Crippen LogP contribution in [0, 0.1) is 5.92 Å². The van der Waals surface area contributed by atoms with E-state index >= 15 is 0 Å². The summed E-state index contributed by atoms with van der Waals surface area (Å²) in [5.74, 6) is 0.257. The number of halogens is 1. The average molecular weight is 313 g/mol. The molecule has 0 aliphatic heterocycles. The second kappa shape index (κ2) is 8.30. The highest BCUT2D eigenvalue weighted by molar-refractivity contribution is 9.10. The predicted molar refractivity (Wildman–Crippen MR) is 77.7 cm³/mol. The zero-order valence-corrected chi connectivity index (χ0v) is 12.7. The van der Waals surface area contributed by atoms with Gasteiger partial charge in [0.05, 0.1) is 12.2 Å². The summed E-state index contributed by atoms with van der Waals surface area (Å²) in [5.41, 5.74) is 0.606. The van der Waals surface area contributed by atoms with Gasteiger partial charge in [-0.25, -0.2) is 4.79 Å². The molecule has 0 aliphatic carbocycles. The van der Waals surface area contributed by atoms with Crippen LogP contribution in [0.3, 0.4) is 0 Å². The molecule has 0 spiro atoms. The molecule has 0 saturated carbocycles. The van der Waals surface area contributed by atoms with Gasteiger partial charge in [0.2, 0.25) is 0 Å². The van der Waals surface area contributed by atoms with Crippen molar-refractivity contribution in [2.45, 2.75) is 39.5 Å². The van der Waals surface area contributed by atoms with Gasteiger partial charge in [-0.15, -0.1) is 0 Å². The quantitative estimate of drug-likeness (QED) is 0.674. The Labute approximate surface area is 118 Å². The van der Waals surface area contributed by atoms with Crippen molar-refractivity contribution in [1.29, 1.82) is 0 Å². The van der Waals surface area contributed by atoms with E-state index in [1.807, 2.05) is 12.1 Å². The van der Waals surface area contributed by atoms with Crippen molar-refractivity contribution in [2.24, 2.45) is 5.92 Å². The molecule has 0 radical (unpaired) electrons. The van der Waals surface area contributed by atoms with E-state index in [1.165, 1.54) is 12.8 Å². The van der Waals surface area contributed by atoms with Crippen LogP contribution in [0.15, 0.2) is 28.7 Å². The molecule has 1 rings (SSSR count). The van der Waals surface area contributed by atoms with Crippen LogP contribution < -0.4 is 0 Å². The normalized spacial score (nSPS) is 12.2. The Morgan fingerprint density at radius 1 is 1.39 bits per heavy atom. The second-order valence-corrected chi connectivity index (χ2v) is 5.44. The third-order valence-electron chi connectivity index (χ3n) is 3.05. The van der Waals surface area contributed by atoms with Crippen molar-refractivity contribution < 1.29 is 9.53 Å². The molecule has 0 N–H and O–H groups in total. The lowest BCUT2D eigenvalue weighted by Gasteiger charge is -2.14. The second-order valence-electron chi connectivity index (χ2n) is 4.53. The van der Waals surface area contributed by atoms with Crippen molar-refractivity contribution >= 4 is 21.9 Å². The maximum Gasteiger partial charge on any atom is 0.338 e. The average Bonchev–Trinajstić information content (AvgIpc) is 2.38. The Kier molecular flexibility index (Phi) is 7.02. The summed E-state index contributed by atoms with van der Waals surface area (Å²) in [4.78, 5) is 11.8. The molecule has 2 nitrogen and oxygen atoms in total. The molecule has 0 heterocycles. The number of hydrogen-bond acceptors (Lipinski definition) is 2. The number of benzene rings is 1. The summed E-state index contributed by atoms with van der Waals surface area (Å²) in [5, 5.41) is 0. The molecule has 1 atom stereocenters. The summed E-state index contributed by atoms with van der Waals surface area (Å²) in [6, 6.07) is 7.30. The first-order chi connectivity index (χ1) is 8.67. The van der Waals surface area contributed by atoms with E-state index in [-0.39, 0.29) is 5.97 Å². The fourth-order valence-corrected chi connectivity index (χ4v) is 2.19. The summed E-state index contributed by atoms with van der Waals surface area (Å²) < 4.78 is 6.27. The first kappa shape index (κ1) is 15.2. The number of hydrogen-bond donors (Lipinski definition) is 0. The van der Waals surface area contributed by atoms with Crippen LogP contribution in [0.4, 0.5) is 0 Å². The van der Waals surface area contributed by atoms with Gasteiger partial charge in [0.1, 0.15) is 0 Å². The molecule has 18 heavy (non-hydrogen) atoms. The van der Waals surface area contributed by atoms with Gasteiger partial charge >= 0.3 is 5.97 Å². The number of ether oxygens (including phenoxy) is 1. The number of carbonyl (C=O) groups is 1. The van der Waals surface area contributed by atoms with Crippen LogP contribution in [0.1, 0.15) is 49.9 Å². The maximum absolute atomic E-state index is 11.8. The van der Waals surface area contributed by atoms with Crippen LogP contribution in [-0.4, -0.2) is 12.6 Å². The molecule has 100 valence electrons. The summed E-state index contributed by atoms with van der Waals surface area (Å²) >= 11 is 3.35. The standard InChI is InChI=1S/C15H21BrO2/c1-3-5-7-12(4-2)11-18-15(17)13-8-6-9-14(16)10-13/h6,8-10,12H,3-5,7,11H2,1-2H3. The molecule has 0 amide bonds. The summed E-state index contributed by atoms with van der Waals surface area (Å²) in [7, 11) is 0. The van der Waals surface area contributed by atoms with E-state index in [9.17, 15) is 4.79 Å². The summed E-state index contributed by atoms with van der Waals surface area (Å²) in [6.07, 6.45) is 4.59. The molecule has 1 aromatic carbocycles. The fourth-order valence-electron chi connectivity index (χ4n) is 1.79. The number of carbonyl (C=O) groups excluding carboxylic acids is 1. The highest BCUT2D eigenvalue weighted by Crippen LogP contribution is 2.16. The van der Waals surface area contributed by atoms with Crippen molar-refractivity contribution in [1.82, 2.24) is 0 Å². The molecule has 3 heteroatoms. The van der Waals surface area contributed by atoms with Gasteiger partial charge in [0.25, 0.3) is 0 Å². The molecule has 1 unspecified atom stereocenters. The Balaban J connectivity index is 2.44. The lowest BCUT2D eigenvalue weighted by molar-refractivity contribution is 0.0428. The highest BCUT2D eigenvalue weighted by Gasteiger charge is 2.11. The van der Waals surface area contributed by atoms with E-state index in [0.717, 1.165) is 17.3 Å². The third kappa shape index (κ3) is 5.21. The van der Waals surface area contributed by atoms with Gasteiger partial charge < -0.3 is 4.74 Å². The van der Waals surface area contributed by atoms with Crippen LogP contribution in [0.25, 0.3) is 0 Å². The van der Waals surface area contributed by atoms with Crippen molar-refractivity contribution in [2.75, 3.05) is 6.61 Å². The largest absolute Gasteiger partial charge is 0.462 e. The summed E-state index contributed by atoms with van der Waals surface area (Å²) in [6.45, 7) is 4.86. The van der Waals surface area contributed by atoms with Gasteiger partial charge in [0, 0.05) is 4.47 Å². The molecule has 0 fully saturated rings. The zero-order valence-electron chi connectivity index (χ0n) is 11.1. The number of unbranched alkanes of at least 4 members (excludes halogenated alkanes) is 1. The lowest BCUT2D eigenvalue weighted by atomic mass is 10.0. The van der Waals surface area contributed by atoms with Gasteiger partial charge in [0.15, 0.2) is 0 Å². The minimum absolute atomic E-state index is 0.230. The molecular weight excluding hydrogens is 292 g/mol. The van der Waals surface area contributed by atoms with E-state index < -0.39 is 0 Å². The van der Waals surface area contributed by atoms with Crippen LogP contribution in [-0.2, 0) is 4.74 Å². The molecule has 0 saturated heterocycles. The molecular formula is C15H21BrO2. The van der Waals surface area contributed by atoms with E-state index in [2.05, 4.69) is 29.8 Å². The monoisotopic (exact) mass is 312 g/mol. The third-order valence-corrected chi connectivity index (χ3v) is 3.55. The number of esters is 1. The molecule has 0 bridgehead atoms. The van der Waals surface area contributed by atoms with E-state index in [1.54, 1.807) is 12.1 Å². The van der Waals surface area contributed by atoms with Gasteiger partial charge in [-0.2, -0.15) is 0 Å². The minimum atomic E-state index is -0.230.